The van der Waals surface area contributed by atoms with E-state index >= 15 is 0 Å². The summed E-state index contributed by atoms with van der Waals surface area (Å²) in [7, 11) is 0. The average molecular weight is 290 g/mol. The summed E-state index contributed by atoms with van der Waals surface area (Å²) in [6, 6.07) is 4.10. The topological polar surface area (TPSA) is 78.3 Å². The lowest BCUT2D eigenvalue weighted by molar-refractivity contribution is 0.370. The van der Waals surface area contributed by atoms with Gasteiger partial charge in [-0.15, -0.1) is 5.10 Å². The van der Waals surface area contributed by atoms with Crippen LogP contribution in [0.1, 0.15) is 26.7 Å². The van der Waals surface area contributed by atoms with E-state index < -0.39 is 0 Å². The number of aromatic amines is 1. The molecule has 1 unspecified atom stereocenters. The predicted molar refractivity (Wildman–Crippen MR) is 81.7 cm³/mol. The van der Waals surface area contributed by atoms with Crippen molar-refractivity contribution in [3.63, 3.8) is 0 Å². The highest BCUT2D eigenvalue weighted by Gasteiger charge is 2.20. The van der Waals surface area contributed by atoms with Gasteiger partial charge in [-0.25, -0.2) is 9.89 Å². The van der Waals surface area contributed by atoms with Gasteiger partial charge in [-0.2, -0.15) is 9.61 Å². The van der Waals surface area contributed by atoms with Gasteiger partial charge in [-0.05, 0) is 57.8 Å². The normalized spacial score (nSPS) is 19.3. The van der Waals surface area contributed by atoms with Crippen molar-refractivity contribution in [2.45, 2.75) is 32.7 Å². The van der Waals surface area contributed by atoms with Gasteiger partial charge in [0.15, 0.2) is 5.65 Å². The summed E-state index contributed by atoms with van der Waals surface area (Å²) in [5.41, 5.74) is 0.252. The molecule has 2 aromatic rings. The van der Waals surface area contributed by atoms with Gasteiger partial charge in [0.2, 0.25) is 0 Å². The van der Waals surface area contributed by atoms with Crippen LogP contribution in [-0.2, 0) is 0 Å². The van der Waals surface area contributed by atoms with Gasteiger partial charge in [-0.3, -0.25) is 0 Å². The first-order chi connectivity index (χ1) is 10.1. The van der Waals surface area contributed by atoms with Crippen molar-refractivity contribution in [2.75, 3.05) is 24.5 Å². The molecule has 0 radical (unpaired) electrons. The highest BCUT2D eigenvalue weighted by atomic mass is 16.2. The Balaban J connectivity index is 1.87. The number of nitrogens with one attached hydrogen (secondary N) is 2. The molecule has 0 aliphatic carbocycles. The van der Waals surface area contributed by atoms with Crippen molar-refractivity contribution in [1.82, 2.24) is 25.1 Å². The molecule has 0 spiro atoms. The first kappa shape index (κ1) is 14.1. The molecular formula is C14H22N6O. The molecule has 0 bridgehead atoms. The van der Waals surface area contributed by atoms with Crippen LogP contribution in [0.2, 0.25) is 0 Å². The van der Waals surface area contributed by atoms with Crippen molar-refractivity contribution >= 4 is 11.5 Å². The minimum Gasteiger partial charge on any atom is -0.352 e. The zero-order valence-corrected chi connectivity index (χ0v) is 12.5. The Bertz CT molecular complexity index is 655. The molecular weight excluding hydrogens is 268 g/mol. The Morgan fingerprint density at radius 3 is 3.05 bits per heavy atom. The quantitative estimate of drug-likeness (QED) is 0.863. The third kappa shape index (κ3) is 2.92. The van der Waals surface area contributed by atoms with Crippen LogP contribution < -0.4 is 15.9 Å². The lowest BCUT2D eigenvalue weighted by Crippen LogP contribution is -2.42. The van der Waals surface area contributed by atoms with E-state index in [0.29, 0.717) is 17.6 Å². The fourth-order valence-corrected chi connectivity index (χ4v) is 2.87. The number of piperidine rings is 1. The van der Waals surface area contributed by atoms with Crippen molar-refractivity contribution in [1.29, 1.82) is 0 Å². The highest BCUT2D eigenvalue weighted by molar-refractivity contribution is 5.45. The molecule has 7 nitrogen and oxygen atoms in total. The van der Waals surface area contributed by atoms with E-state index in [2.05, 4.69) is 39.4 Å². The summed E-state index contributed by atoms with van der Waals surface area (Å²) in [5, 5.41) is 14.2. The predicted octanol–water partition coefficient (Wildman–Crippen LogP) is 0.632. The van der Waals surface area contributed by atoms with E-state index in [0.717, 1.165) is 25.5 Å². The molecule has 1 fully saturated rings. The van der Waals surface area contributed by atoms with Crippen LogP contribution in [0.4, 0.5) is 5.82 Å². The van der Waals surface area contributed by atoms with E-state index in [1.54, 1.807) is 0 Å². The van der Waals surface area contributed by atoms with Crippen molar-refractivity contribution in [3.8, 4) is 0 Å². The van der Waals surface area contributed by atoms with Crippen molar-refractivity contribution in [3.05, 3.63) is 22.6 Å². The summed E-state index contributed by atoms with van der Waals surface area (Å²) in [6.45, 7) is 7.43. The summed E-state index contributed by atoms with van der Waals surface area (Å²) in [5.74, 6) is 1.45. The largest absolute Gasteiger partial charge is 0.364 e. The van der Waals surface area contributed by atoms with Crippen LogP contribution >= 0.6 is 0 Å². The molecule has 7 heteroatoms. The zero-order chi connectivity index (χ0) is 14.8. The fraction of sp³-hybridized carbons (Fsp3) is 0.643. The third-order valence-electron chi connectivity index (χ3n) is 4.03. The minimum absolute atomic E-state index is 0.296. The van der Waals surface area contributed by atoms with E-state index in [-0.39, 0.29) is 5.69 Å². The number of hydrogen-bond acceptors (Lipinski definition) is 5. The van der Waals surface area contributed by atoms with Gasteiger partial charge in [0.25, 0.3) is 0 Å². The van der Waals surface area contributed by atoms with Gasteiger partial charge in [0.05, 0.1) is 0 Å². The maximum Gasteiger partial charge on any atom is 0.364 e. The molecule has 0 saturated carbocycles. The number of fused-ring (bicyclic) bond motifs is 1. The average Bonchev–Trinajstić information content (AvgIpc) is 2.86. The van der Waals surface area contributed by atoms with Crippen molar-refractivity contribution < 1.29 is 0 Å². The lowest BCUT2D eigenvalue weighted by Gasteiger charge is -2.33. The molecule has 1 aliphatic rings. The van der Waals surface area contributed by atoms with Gasteiger partial charge in [0.1, 0.15) is 5.82 Å². The van der Waals surface area contributed by atoms with E-state index in [1.807, 2.05) is 12.1 Å². The Hall–Kier alpha value is -1.89. The first-order valence-electron chi connectivity index (χ1n) is 7.57. The van der Waals surface area contributed by atoms with E-state index in [9.17, 15) is 4.79 Å². The molecule has 21 heavy (non-hydrogen) atoms. The molecule has 3 rings (SSSR count). The van der Waals surface area contributed by atoms with Crippen LogP contribution in [0.25, 0.3) is 5.65 Å². The summed E-state index contributed by atoms with van der Waals surface area (Å²) in [6.07, 6.45) is 2.47. The van der Waals surface area contributed by atoms with E-state index in [4.69, 9.17) is 0 Å². The summed E-state index contributed by atoms with van der Waals surface area (Å²) >= 11 is 0. The number of nitrogens with zero attached hydrogens (tertiary/aromatic N) is 4. The number of aromatic nitrogens is 4. The SMILES string of the molecule is CC(C)N(CC1CCCNC1)c1ccc2n[nH]c(=O)n2n1. The maximum absolute atomic E-state index is 11.7. The molecule has 114 valence electrons. The lowest BCUT2D eigenvalue weighted by atomic mass is 9.98. The second-order valence-corrected chi connectivity index (χ2v) is 5.95. The number of H-pyrrole nitrogens is 1. The number of rotatable bonds is 4. The molecule has 2 aromatic heterocycles. The Kier molecular flexibility index (Phi) is 3.92. The van der Waals surface area contributed by atoms with Gasteiger partial charge in [-0.1, -0.05) is 0 Å². The van der Waals surface area contributed by atoms with Crippen LogP contribution in [0.5, 0.6) is 0 Å². The summed E-state index contributed by atoms with van der Waals surface area (Å²) < 4.78 is 1.32. The molecule has 3 heterocycles. The van der Waals surface area contributed by atoms with Crippen molar-refractivity contribution in [2.24, 2.45) is 5.92 Å². The smallest absolute Gasteiger partial charge is 0.352 e. The Morgan fingerprint density at radius 1 is 1.48 bits per heavy atom. The van der Waals surface area contributed by atoms with Crippen LogP contribution in [0.3, 0.4) is 0 Å². The molecule has 1 aliphatic heterocycles. The van der Waals surface area contributed by atoms with Crippen LogP contribution in [0.15, 0.2) is 16.9 Å². The second-order valence-electron chi connectivity index (χ2n) is 5.95. The maximum atomic E-state index is 11.7. The monoisotopic (exact) mass is 290 g/mol. The molecule has 0 amide bonds. The Labute approximate surface area is 123 Å². The third-order valence-corrected chi connectivity index (χ3v) is 4.03. The van der Waals surface area contributed by atoms with Crippen LogP contribution in [0, 0.1) is 5.92 Å². The van der Waals surface area contributed by atoms with Gasteiger partial charge >= 0.3 is 5.69 Å². The van der Waals surface area contributed by atoms with Gasteiger partial charge in [0, 0.05) is 12.6 Å². The van der Waals surface area contributed by atoms with Gasteiger partial charge < -0.3 is 10.2 Å². The first-order valence-corrected chi connectivity index (χ1v) is 7.57. The minimum atomic E-state index is -0.296. The molecule has 2 N–H and O–H groups in total. The summed E-state index contributed by atoms with van der Waals surface area (Å²) in [4.78, 5) is 13.9. The van der Waals surface area contributed by atoms with Crippen LogP contribution in [-0.4, -0.2) is 45.5 Å². The highest BCUT2D eigenvalue weighted by Crippen LogP contribution is 2.19. The van der Waals surface area contributed by atoms with E-state index in [1.165, 1.54) is 17.4 Å². The standard InChI is InChI=1S/C14H22N6O/c1-10(2)19(9-11-4-3-7-15-8-11)13-6-5-12-16-17-14(21)20(12)18-13/h5-6,10-11,15H,3-4,7-9H2,1-2H3,(H,17,21). The Morgan fingerprint density at radius 2 is 2.33 bits per heavy atom. The molecule has 1 saturated heterocycles. The second kappa shape index (κ2) is 5.85. The number of anilines is 1. The molecule has 0 aromatic carbocycles. The molecule has 1 atom stereocenters. The fourth-order valence-electron chi connectivity index (χ4n) is 2.87. The number of hydrogen-bond donors (Lipinski definition) is 2. The zero-order valence-electron chi connectivity index (χ0n) is 12.5.